The van der Waals surface area contributed by atoms with Gasteiger partial charge < -0.3 is 5.32 Å². The second-order valence-electron chi connectivity index (χ2n) is 5.81. The van der Waals surface area contributed by atoms with Crippen LogP contribution >= 0.6 is 27.7 Å². The van der Waals surface area contributed by atoms with E-state index in [2.05, 4.69) is 64.1 Å². The first kappa shape index (κ1) is 16.5. The Balaban J connectivity index is 1.95. The molecule has 2 rings (SSSR count). The van der Waals surface area contributed by atoms with Gasteiger partial charge in [0.1, 0.15) is 5.82 Å². The minimum absolute atomic E-state index is 0.0934. The van der Waals surface area contributed by atoms with Crippen molar-refractivity contribution in [3.05, 3.63) is 52.5 Å². The van der Waals surface area contributed by atoms with Crippen LogP contribution in [0.25, 0.3) is 0 Å². The Hall–Kier alpha value is -0.910. The van der Waals surface area contributed by atoms with Crippen molar-refractivity contribution in [2.45, 2.75) is 43.5 Å². The van der Waals surface area contributed by atoms with E-state index in [-0.39, 0.29) is 5.54 Å². The van der Waals surface area contributed by atoms with E-state index in [4.69, 9.17) is 0 Å². The monoisotopic (exact) mass is 365 g/mol. The van der Waals surface area contributed by atoms with Gasteiger partial charge >= 0.3 is 0 Å². The Bertz CT molecular complexity index is 596. The number of aromatic nitrogens is 2. The second-order valence-corrected chi connectivity index (χ2v) is 7.78. The van der Waals surface area contributed by atoms with E-state index in [1.807, 2.05) is 24.4 Å². The van der Waals surface area contributed by atoms with Gasteiger partial charge in [0, 0.05) is 27.6 Å². The lowest BCUT2D eigenvalue weighted by Gasteiger charge is -2.20. The van der Waals surface area contributed by atoms with Crippen molar-refractivity contribution >= 4 is 27.7 Å². The Kier molecular flexibility index (Phi) is 5.79. The first-order chi connectivity index (χ1) is 9.92. The maximum atomic E-state index is 4.61. The van der Waals surface area contributed by atoms with Crippen LogP contribution in [0.4, 0.5) is 0 Å². The molecule has 0 aliphatic carbocycles. The van der Waals surface area contributed by atoms with Crippen molar-refractivity contribution < 1.29 is 0 Å². The van der Waals surface area contributed by atoms with Crippen molar-refractivity contribution in [1.82, 2.24) is 15.3 Å². The zero-order valence-electron chi connectivity index (χ0n) is 12.6. The van der Waals surface area contributed by atoms with Crippen molar-refractivity contribution in [2.24, 2.45) is 0 Å². The van der Waals surface area contributed by atoms with E-state index >= 15 is 0 Å². The molecule has 0 atom stereocenters. The fraction of sp³-hybridized carbons (Fsp3) is 0.375. The third-order valence-electron chi connectivity index (χ3n) is 2.73. The lowest BCUT2D eigenvalue weighted by molar-refractivity contribution is 0.421. The predicted molar refractivity (Wildman–Crippen MR) is 92.3 cm³/mol. The molecule has 3 nitrogen and oxygen atoms in total. The standard InChI is InChI=1S/C16H20BrN3S/c1-16(2,3)19-10-13-7-8-18-15(20-13)11-21-14-6-4-5-12(17)9-14/h4-9,19H,10-11H2,1-3H3. The summed E-state index contributed by atoms with van der Waals surface area (Å²) in [5.74, 6) is 1.65. The molecule has 0 spiro atoms. The average Bonchev–Trinajstić information content (AvgIpc) is 2.43. The summed E-state index contributed by atoms with van der Waals surface area (Å²) in [7, 11) is 0. The van der Waals surface area contributed by atoms with Gasteiger partial charge in [-0.15, -0.1) is 11.8 Å². The third kappa shape index (κ3) is 6.16. The van der Waals surface area contributed by atoms with Crippen LogP contribution in [0, 0.1) is 0 Å². The van der Waals surface area contributed by atoms with E-state index in [0.29, 0.717) is 0 Å². The summed E-state index contributed by atoms with van der Waals surface area (Å²) in [5.41, 5.74) is 1.13. The molecule has 0 radical (unpaired) electrons. The Labute approximate surface area is 139 Å². The number of halogens is 1. The molecule has 0 fully saturated rings. The molecule has 0 bridgehead atoms. The van der Waals surface area contributed by atoms with Gasteiger partial charge in [0.15, 0.2) is 0 Å². The topological polar surface area (TPSA) is 37.8 Å². The van der Waals surface area contributed by atoms with Crippen molar-refractivity contribution in [3.63, 3.8) is 0 Å². The van der Waals surface area contributed by atoms with E-state index in [9.17, 15) is 0 Å². The molecule has 0 amide bonds. The predicted octanol–water partition coefficient (Wildman–Crippen LogP) is 4.42. The van der Waals surface area contributed by atoms with Gasteiger partial charge in [0.25, 0.3) is 0 Å². The van der Waals surface area contributed by atoms with E-state index in [0.717, 1.165) is 28.3 Å². The molecule has 1 heterocycles. The average molecular weight is 366 g/mol. The van der Waals surface area contributed by atoms with Crippen LogP contribution in [0.1, 0.15) is 32.3 Å². The quantitative estimate of drug-likeness (QED) is 0.795. The maximum absolute atomic E-state index is 4.61. The summed E-state index contributed by atoms with van der Waals surface area (Å²) in [5, 5.41) is 3.44. The van der Waals surface area contributed by atoms with Crippen LogP contribution in [0.5, 0.6) is 0 Å². The maximum Gasteiger partial charge on any atom is 0.138 e. The summed E-state index contributed by atoms with van der Waals surface area (Å²) < 4.78 is 1.09. The zero-order chi connectivity index (χ0) is 15.3. The lowest BCUT2D eigenvalue weighted by atomic mass is 10.1. The normalized spacial score (nSPS) is 11.6. The van der Waals surface area contributed by atoms with E-state index < -0.39 is 0 Å². The molecule has 2 aromatic rings. The number of nitrogens with zero attached hydrogens (tertiary/aromatic N) is 2. The summed E-state index contributed by atoms with van der Waals surface area (Å²) in [6, 6.07) is 10.2. The van der Waals surface area contributed by atoms with Crippen LogP contribution in [-0.4, -0.2) is 15.5 Å². The van der Waals surface area contributed by atoms with E-state index in [1.165, 1.54) is 4.90 Å². The van der Waals surface area contributed by atoms with Gasteiger partial charge in [-0.25, -0.2) is 9.97 Å². The van der Waals surface area contributed by atoms with Crippen LogP contribution < -0.4 is 5.32 Å². The number of rotatable bonds is 5. The van der Waals surface area contributed by atoms with Gasteiger partial charge in [-0.05, 0) is 45.0 Å². The van der Waals surface area contributed by atoms with Gasteiger partial charge in [0.2, 0.25) is 0 Å². The molecule has 1 aromatic carbocycles. The molecule has 5 heteroatoms. The van der Waals surface area contributed by atoms with Gasteiger partial charge in [0.05, 0.1) is 11.4 Å². The molecular formula is C16H20BrN3S. The minimum atomic E-state index is 0.0934. The fourth-order valence-corrected chi connectivity index (χ4v) is 3.04. The number of benzene rings is 1. The highest BCUT2D eigenvalue weighted by Gasteiger charge is 2.09. The van der Waals surface area contributed by atoms with E-state index in [1.54, 1.807) is 11.8 Å². The lowest BCUT2D eigenvalue weighted by Crippen LogP contribution is -2.35. The van der Waals surface area contributed by atoms with Gasteiger partial charge in [-0.3, -0.25) is 0 Å². The first-order valence-electron chi connectivity index (χ1n) is 6.86. The summed E-state index contributed by atoms with van der Waals surface area (Å²) in [6.07, 6.45) is 1.84. The SMILES string of the molecule is CC(C)(C)NCc1ccnc(CSc2cccc(Br)c2)n1. The summed E-state index contributed by atoms with van der Waals surface area (Å²) in [4.78, 5) is 10.2. The summed E-state index contributed by atoms with van der Waals surface area (Å²) in [6.45, 7) is 7.22. The second kappa shape index (κ2) is 7.38. The Morgan fingerprint density at radius 3 is 2.76 bits per heavy atom. The Morgan fingerprint density at radius 2 is 2.05 bits per heavy atom. The number of hydrogen-bond acceptors (Lipinski definition) is 4. The first-order valence-corrected chi connectivity index (χ1v) is 8.64. The molecular weight excluding hydrogens is 346 g/mol. The number of hydrogen-bond donors (Lipinski definition) is 1. The highest BCUT2D eigenvalue weighted by atomic mass is 79.9. The third-order valence-corrected chi connectivity index (χ3v) is 4.21. The van der Waals surface area contributed by atoms with Crippen LogP contribution in [0.15, 0.2) is 45.9 Å². The van der Waals surface area contributed by atoms with Crippen LogP contribution in [0.2, 0.25) is 0 Å². The molecule has 0 unspecified atom stereocenters. The smallest absolute Gasteiger partial charge is 0.138 e. The molecule has 0 aliphatic heterocycles. The number of nitrogens with one attached hydrogen (secondary N) is 1. The van der Waals surface area contributed by atoms with Crippen molar-refractivity contribution in [2.75, 3.05) is 0 Å². The van der Waals surface area contributed by atoms with Crippen molar-refractivity contribution in [1.29, 1.82) is 0 Å². The molecule has 1 N–H and O–H groups in total. The number of thioether (sulfide) groups is 1. The largest absolute Gasteiger partial charge is 0.306 e. The molecule has 1 aromatic heterocycles. The molecule has 0 saturated carbocycles. The molecule has 112 valence electrons. The highest BCUT2D eigenvalue weighted by molar-refractivity contribution is 9.10. The van der Waals surface area contributed by atoms with Crippen molar-refractivity contribution in [3.8, 4) is 0 Å². The molecule has 0 aliphatic rings. The minimum Gasteiger partial charge on any atom is -0.306 e. The fourth-order valence-electron chi connectivity index (χ4n) is 1.67. The summed E-state index contributed by atoms with van der Waals surface area (Å²) >= 11 is 5.23. The van der Waals surface area contributed by atoms with Crippen LogP contribution in [0.3, 0.4) is 0 Å². The van der Waals surface area contributed by atoms with Crippen LogP contribution in [-0.2, 0) is 12.3 Å². The van der Waals surface area contributed by atoms with Gasteiger partial charge in [-0.2, -0.15) is 0 Å². The zero-order valence-corrected chi connectivity index (χ0v) is 15.0. The Morgan fingerprint density at radius 1 is 1.24 bits per heavy atom. The van der Waals surface area contributed by atoms with Gasteiger partial charge in [-0.1, -0.05) is 22.0 Å². The molecule has 21 heavy (non-hydrogen) atoms. The molecule has 0 saturated heterocycles. The highest BCUT2D eigenvalue weighted by Crippen LogP contribution is 2.24.